The summed E-state index contributed by atoms with van der Waals surface area (Å²) >= 11 is 0. The fraction of sp³-hybridized carbons (Fsp3) is 0.412. The quantitative estimate of drug-likeness (QED) is 0.811. The van der Waals surface area contributed by atoms with E-state index in [0.29, 0.717) is 13.2 Å². The Morgan fingerprint density at radius 3 is 2.73 bits per heavy atom. The van der Waals surface area contributed by atoms with Crippen molar-refractivity contribution in [3.8, 4) is 0 Å². The molecule has 0 unspecified atom stereocenters. The monoisotopic (exact) mass is 302 g/mol. The van der Waals surface area contributed by atoms with Gasteiger partial charge < -0.3 is 15.4 Å². The molecule has 1 saturated heterocycles. The first kappa shape index (κ1) is 16.2. The summed E-state index contributed by atoms with van der Waals surface area (Å²) in [5.74, 6) is -0.525. The molecule has 1 fully saturated rings. The van der Waals surface area contributed by atoms with Crippen LogP contribution in [0.3, 0.4) is 0 Å². The number of nitrogens with two attached hydrogens (primary N) is 1. The minimum Gasteiger partial charge on any atom is -0.382 e. The molecule has 0 bridgehead atoms. The molecule has 0 spiro atoms. The molecule has 5 heteroatoms. The molecule has 5 nitrogen and oxygen atoms in total. The molecule has 118 valence electrons. The molecule has 0 aliphatic carbocycles. The van der Waals surface area contributed by atoms with E-state index in [0.717, 1.165) is 18.4 Å². The van der Waals surface area contributed by atoms with E-state index in [9.17, 15) is 9.59 Å². The van der Waals surface area contributed by atoms with E-state index >= 15 is 0 Å². The van der Waals surface area contributed by atoms with Crippen LogP contribution in [0.4, 0.5) is 0 Å². The standard InChI is InChI=1S/C17H22N2O3/c1-22-13-17(12-15(18)20)10-5-11-19(17)16(21)9-8-14-6-3-2-4-7-14/h2-4,6-9H,5,10-13H2,1H3,(H2,18,20)/b9-8+/t17-/m0/s1. The zero-order valence-electron chi connectivity index (χ0n) is 12.8. The highest BCUT2D eigenvalue weighted by Crippen LogP contribution is 2.33. The van der Waals surface area contributed by atoms with Crippen LogP contribution in [0.15, 0.2) is 36.4 Å². The summed E-state index contributed by atoms with van der Waals surface area (Å²) in [7, 11) is 1.57. The van der Waals surface area contributed by atoms with Crippen molar-refractivity contribution < 1.29 is 14.3 Å². The van der Waals surface area contributed by atoms with Gasteiger partial charge in [-0.25, -0.2) is 0 Å². The molecule has 0 saturated carbocycles. The van der Waals surface area contributed by atoms with Crippen molar-refractivity contribution in [2.75, 3.05) is 20.3 Å². The molecule has 2 rings (SSSR count). The molecule has 1 aromatic carbocycles. The SMILES string of the molecule is COC[C@@]1(CC(N)=O)CCCN1C(=O)/C=C/c1ccccc1. The molecule has 2 amide bonds. The first-order chi connectivity index (χ1) is 10.6. The Morgan fingerprint density at radius 1 is 1.36 bits per heavy atom. The Bertz CT molecular complexity index is 556. The van der Waals surface area contributed by atoms with Crippen LogP contribution >= 0.6 is 0 Å². The summed E-state index contributed by atoms with van der Waals surface area (Å²) in [4.78, 5) is 25.6. The highest BCUT2D eigenvalue weighted by Gasteiger charge is 2.44. The summed E-state index contributed by atoms with van der Waals surface area (Å²) in [6, 6.07) is 9.62. The number of hydrogen-bond donors (Lipinski definition) is 1. The van der Waals surface area contributed by atoms with Gasteiger partial charge in [-0.1, -0.05) is 30.3 Å². The van der Waals surface area contributed by atoms with Crippen molar-refractivity contribution in [1.82, 2.24) is 4.90 Å². The smallest absolute Gasteiger partial charge is 0.247 e. The van der Waals surface area contributed by atoms with Crippen LogP contribution in [-0.2, 0) is 14.3 Å². The van der Waals surface area contributed by atoms with E-state index in [1.807, 2.05) is 30.3 Å². The number of nitrogens with zero attached hydrogens (tertiary/aromatic N) is 1. The van der Waals surface area contributed by atoms with Crippen molar-refractivity contribution in [3.05, 3.63) is 42.0 Å². The molecule has 22 heavy (non-hydrogen) atoms. The number of rotatable bonds is 6. The number of carbonyl (C=O) groups excluding carboxylic acids is 2. The van der Waals surface area contributed by atoms with Gasteiger partial charge in [0.05, 0.1) is 18.6 Å². The third-order valence-corrected chi connectivity index (χ3v) is 4.00. The van der Waals surface area contributed by atoms with Crippen LogP contribution in [-0.4, -0.2) is 42.5 Å². The van der Waals surface area contributed by atoms with Crippen molar-refractivity contribution >= 4 is 17.9 Å². The summed E-state index contributed by atoms with van der Waals surface area (Å²) in [5.41, 5.74) is 5.71. The van der Waals surface area contributed by atoms with Crippen LogP contribution in [0, 0.1) is 0 Å². The fourth-order valence-corrected chi connectivity index (χ4v) is 3.08. The van der Waals surface area contributed by atoms with Crippen LogP contribution in [0.25, 0.3) is 6.08 Å². The van der Waals surface area contributed by atoms with Crippen molar-refractivity contribution in [3.63, 3.8) is 0 Å². The van der Waals surface area contributed by atoms with Gasteiger partial charge in [0.2, 0.25) is 11.8 Å². The highest BCUT2D eigenvalue weighted by atomic mass is 16.5. The number of primary amides is 1. The average molecular weight is 302 g/mol. The number of carbonyl (C=O) groups is 2. The van der Waals surface area contributed by atoms with E-state index < -0.39 is 11.4 Å². The lowest BCUT2D eigenvalue weighted by molar-refractivity contribution is -0.134. The Labute approximate surface area is 130 Å². The maximum atomic E-state index is 12.5. The summed E-state index contributed by atoms with van der Waals surface area (Å²) in [6.07, 6.45) is 5.04. The predicted molar refractivity (Wildman–Crippen MR) is 84.8 cm³/mol. The Kier molecular flexibility index (Phi) is 5.33. The number of methoxy groups -OCH3 is 1. The minimum atomic E-state index is -0.612. The second-order valence-corrected chi connectivity index (χ2v) is 5.64. The molecule has 1 aliphatic rings. The van der Waals surface area contributed by atoms with Gasteiger partial charge in [0.1, 0.15) is 0 Å². The maximum Gasteiger partial charge on any atom is 0.247 e. The first-order valence-corrected chi connectivity index (χ1v) is 7.39. The lowest BCUT2D eigenvalue weighted by Crippen LogP contribution is -2.52. The largest absolute Gasteiger partial charge is 0.382 e. The van der Waals surface area contributed by atoms with Crippen molar-refractivity contribution in [2.24, 2.45) is 5.73 Å². The van der Waals surface area contributed by atoms with Crippen LogP contribution in [0.5, 0.6) is 0 Å². The first-order valence-electron chi connectivity index (χ1n) is 7.39. The number of ether oxygens (including phenoxy) is 1. The fourth-order valence-electron chi connectivity index (χ4n) is 3.08. The van der Waals surface area contributed by atoms with E-state index in [-0.39, 0.29) is 12.3 Å². The van der Waals surface area contributed by atoms with Gasteiger partial charge in [-0.3, -0.25) is 9.59 Å². The number of hydrogen-bond acceptors (Lipinski definition) is 3. The van der Waals surface area contributed by atoms with Crippen molar-refractivity contribution in [2.45, 2.75) is 24.8 Å². The number of benzene rings is 1. The van der Waals surface area contributed by atoms with Gasteiger partial charge in [0, 0.05) is 19.7 Å². The Balaban J connectivity index is 2.15. The lowest BCUT2D eigenvalue weighted by atomic mass is 9.92. The van der Waals surface area contributed by atoms with Gasteiger partial charge in [-0.2, -0.15) is 0 Å². The van der Waals surface area contributed by atoms with E-state index in [4.69, 9.17) is 10.5 Å². The van der Waals surface area contributed by atoms with Gasteiger partial charge in [0.15, 0.2) is 0 Å². The Hall–Kier alpha value is -2.14. The molecule has 1 atom stereocenters. The number of amides is 2. The third kappa shape index (κ3) is 3.74. The molecule has 0 aromatic heterocycles. The van der Waals surface area contributed by atoms with Gasteiger partial charge in [-0.15, -0.1) is 0 Å². The maximum absolute atomic E-state index is 12.5. The summed E-state index contributed by atoms with van der Waals surface area (Å²) in [6.45, 7) is 0.940. The second kappa shape index (κ2) is 7.22. The zero-order chi connectivity index (χ0) is 16.0. The van der Waals surface area contributed by atoms with E-state index in [1.165, 1.54) is 0 Å². The number of likely N-dealkylation sites (tertiary alicyclic amines) is 1. The topological polar surface area (TPSA) is 72.6 Å². The predicted octanol–water partition coefficient (Wildman–Crippen LogP) is 1.58. The summed E-state index contributed by atoms with van der Waals surface area (Å²) < 4.78 is 5.25. The van der Waals surface area contributed by atoms with E-state index in [1.54, 1.807) is 24.2 Å². The summed E-state index contributed by atoms with van der Waals surface area (Å²) in [5, 5.41) is 0. The molecule has 1 heterocycles. The zero-order valence-corrected chi connectivity index (χ0v) is 12.8. The van der Waals surface area contributed by atoms with Crippen LogP contribution in [0.2, 0.25) is 0 Å². The van der Waals surface area contributed by atoms with Crippen LogP contribution < -0.4 is 5.73 Å². The normalized spacial score (nSPS) is 21.4. The average Bonchev–Trinajstić information content (AvgIpc) is 2.89. The second-order valence-electron chi connectivity index (χ2n) is 5.64. The molecular weight excluding hydrogens is 280 g/mol. The third-order valence-electron chi connectivity index (χ3n) is 4.00. The van der Waals surface area contributed by atoms with Gasteiger partial charge in [0.25, 0.3) is 0 Å². The van der Waals surface area contributed by atoms with E-state index in [2.05, 4.69) is 0 Å². The minimum absolute atomic E-state index is 0.111. The molecule has 2 N–H and O–H groups in total. The lowest BCUT2D eigenvalue weighted by Gasteiger charge is -2.36. The molecule has 0 radical (unpaired) electrons. The molecular formula is C17H22N2O3. The highest BCUT2D eigenvalue weighted by molar-refractivity contribution is 5.93. The van der Waals surface area contributed by atoms with Crippen molar-refractivity contribution in [1.29, 1.82) is 0 Å². The Morgan fingerprint density at radius 2 is 2.09 bits per heavy atom. The van der Waals surface area contributed by atoms with Gasteiger partial charge >= 0.3 is 0 Å². The molecule has 1 aliphatic heterocycles. The molecule has 1 aromatic rings. The van der Waals surface area contributed by atoms with Gasteiger partial charge in [-0.05, 0) is 24.5 Å². The van der Waals surface area contributed by atoms with Crippen LogP contribution in [0.1, 0.15) is 24.8 Å².